The highest BCUT2D eigenvalue weighted by molar-refractivity contribution is 7.27. The van der Waals surface area contributed by atoms with Crippen LogP contribution < -0.4 is 0 Å². The summed E-state index contributed by atoms with van der Waals surface area (Å²) in [5, 5.41) is 5.41. The van der Waals surface area contributed by atoms with Crippen LogP contribution >= 0.6 is 22.7 Å². The van der Waals surface area contributed by atoms with E-state index in [1.54, 1.807) is 12.5 Å². The summed E-state index contributed by atoms with van der Waals surface area (Å²) < 4.78 is 17.2. The van der Waals surface area contributed by atoms with Crippen LogP contribution in [0.1, 0.15) is 52.7 Å². The van der Waals surface area contributed by atoms with E-state index < -0.39 is 0 Å². The third kappa shape index (κ3) is 3.27. The summed E-state index contributed by atoms with van der Waals surface area (Å²) in [5.41, 5.74) is 7.84. The molecule has 8 rings (SSSR count). The second kappa shape index (κ2) is 7.99. The molecular weight excluding hydrogens is 529 g/mol. The largest absolute Gasteiger partial charge is 0.464 e. The van der Waals surface area contributed by atoms with Crippen LogP contribution in [-0.2, 0) is 10.8 Å². The van der Waals surface area contributed by atoms with Crippen LogP contribution in [-0.4, -0.2) is 0 Å². The lowest BCUT2D eigenvalue weighted by Gasteiger charge is -2.30. The smallest absolute Gasteiger partial charge is 0.135 e. The van der Waals surface area contributed by atoms with Crippen LogP contribution in [0.2, 0.25) is 0 Å². The van der Waals surface area contributed by atoms with E-state index in [1.807, 2.05) is 34.8 Å². The van der Waals surface area contributed by atoms with Gasteiger partial charge in [0, 0.05) is 51.8 Å². The van der Waals surface area contributed by atoms with Gasteiger partial charge in [-0.05, 0) is 81.3 Å². The molecule has 0 saturated heterocycles. The number of hydrogen-bond acceptors (Lipinski definition) is 4. The minimum absolute atomic E-state index is 0.00375. The van der Waals surface area contributed by atoms with Crippen LogP contribution in [0.4, 0.5) is 0 Å². The molecular formula is C36H30O2S2. The summed E-state index contributed by atoms with van der Waals surface area (Å²) in [6.07, 6.45) is 3.55. The first-order valence-electron chi connectivity index (χ1n) is 13.8. The van der Waals surface area contributed by atoms with Crippen molar-refractivity contribution < 1.29 is 8.83 Å². The number of rotatable bonds is 2. The number of benzene rings is 4. The van der Waals surface area contributed by atoms with Gasteiger partial charge in [-0.2, -0.15) is 0 Å². The summed E-state index contributed by atoms with van der Waals surface area (Å²) in [4.78, 5) is 0. The Balaban J connectivity index is 1.68. The van der Waals surface area contributed by atoms with Crippen molar-refractivity contribution in [1.82, 2.24) is 0 Å². The zero-order valence-electron chi connectivity index (χ0n) is 23.6. The summed E-state index contributed by atoms with van der Waals surface area (Å²) in [7, 11) is 0. The quantitative estimate of drug-likeness (QED) is 0.156. The van der Waals surface area contributed by atoms with E-state index in [2.05, 4.69) is 90.1 Å². The molecule has 0 N–H and O–H groups in total. The third-order valence-electron chi connectivity index (χ3n) is 8.30. The van der Waals surface area contributed by atoms with E-state index >= 15 is 0 Å². The Morgan fingerprint density at radius 3 is 1.32 bits per heavy atom. The van der Waals surface area contributed by atoms with Gasteiger partial charge in [0.05, 0.1) is 12.5 Å². The molecule has 0 aliphatic carbocycles. The van der Waals surface area contributed by atoms with Gasteiger partial charge in [-0.1, -0.05) is 53.7 Å². The number of hydrogen-bond donors (Lipinski definition) is 0. The maximum Gasteiger partial charge on any atom is 0.135 e. The Morgan fingerprint density at radius 2 is 0.975 bits per heavy atom. The molecule has 0 fully saturated rings. The minimum Gasteiger partial charge on any atom is -0.464 e. The second-order valence-corrected chi connectivity index (χ2v) is 15.1. The van der Waals surface area contributed by atoms with Crippen LogP contribution in [0.3, 0.4) is 0 Å². The zero-order chi connectivity index (χ0) is 27.6. The normalized spacial score (nSPS) is 13.2. The molecule has 0 saturated carbocycles. The van der Waals surface area contributed by atoms with E-state index in [-0.39, 0.29) is 10.8 Å². The molecule has 40 heavy (non-hydrogen) atoms. The molecule has 2 nitrogen and oxygen atoms in total. The van der Waals surface area contributed by atoms with E-state index in [4.69, 9.17) is 8.83 Å². The summed E-state index contributed by atoms with van der Waals surface area (Å²) in [6.45, 7) is 13.9. The van der Waals surface area contributed by atoms with Gasteiger partial charge in [-0.3, -0.25) is 0 Å². The van der Waals surface area contributed by atoms with Gasteiger partial charge in [-0.15, -0.1) is 22.7 Å². The Labute approximate surface area is 241 Å². The van der Waals surface area contributed by atoms with E-state index in [0.717, 1.165) is 11.5 Å². The first kappa shape index (κ1) is 24.2. The van der Waals surface area contributed by atoms with Crippen molar-refractivity contribution in [3.05, 3.63) is 84.3 Å². The van der Waals surface area contributed by atoms with E-state index in [9.17, 15) is 0 Å². The number of furan rings is 2. The highest BCUT2D eigenvalue weighted by Gasteiger charge is 2.31. The van der Waals surface area contributed by atoms with Gasteiger partial charge >= 0.3 is 0 Å². The Bertz CT molecular complexity index is 2000. The van der Waals surface area contributed by atoms with Crippen LogP contribution in [0, 0.1) is 0 Å². The second-order valence-electron chi connectivity index (χ2n) is 13.0. The molecule has 0 amide bonds. The van der Waals surface area contributed by atoms with Gasteiger partial charge in [0.15, 0.2) is 0 Å². The predicted molar refractivity (Wildman–Crippen MR) is 173 cm³/mol. The minimum atomic E-state index is -0.00375. The lowest BCUT2D eigenvalue weighted by Crippen LogP contribution is -2.13. The SMILES string of the molecule is CC(C)(C)c1cc2sc3c(-c4ccco4)ccc4c(C(C)(C)C)cc5sc6c(-c7ccco7)ccc1c6c2-c5c43. The maximum atomic E-state index is 5.98. The van der Waals surface area contributed by atoms with Crippen LogP contribution in [0.5, 0.6) is 0 Å². The topological polar surface area (TPSA) is 26.3 Å². The highest BCUT2D eigenvalue weighted by atomic mass is 32.1. The van der Waals surface area contributed by atoms with Crippen molar-refractivity contribution in [2.24, 2.45) is 0 Å². The summed E-state index contributed by atoms with van der Waals surface area (Å²) in [6, 6.07) is 22.2. The Morgan fingerprint density at radius 1 is 0.550 bits per heavy atom. The fraction of sp³-hybridized carbons (Fsp3) is 0.222. The standard InChI is InChI=1S/C36H30O2S2/c1-35(2,3)23-17-27-31-29-19(23)11-13-21(25-9-7-15-37-25)33(29)40-28-18-24(36(4,5)6)20-12-14-22(26-10-8-16-38-26)34(39-27)30(20)32(28)31/h7-18H,1-6H3. The molecule has 6 aromatic rings. The third-order valence-corrected chi connectivity index (χ3v) is 10.6. The molecule has 0 unspecified atom stereocenters. The van der Waals surface area contributed by atoms with Gasteiger partial charge in [0.25, 0.3) is 0 Å². The predicted octanol–water partition coefficient (Wildman–Crippen LogP) is 12.1. The average Bonchev–Trinajstić information content (AvgIpc) is 3.63. The first-order valence-corrected chi connectivity index (χ1v) is 15.5. The first-order chi connectivity index (χ1) is 19.1. The van der Waals surface area contributed by atoms with Crippen molar-refractivity contribution in [3.63, 3.8) is 0 Å². The highest BCUT2D eigenvalue weighted by Crippen LogP contribution is 2.57. The fourth-order valence-electron chi connectivity index (χ4n) is 6.50. The molecule has 0 radical (unpaired) electrons. The van der Waals surface area contributed by atoms with Crippen molar-refractivity contribution in [1.29, 1.82) is 0 Å². The lowest BCUT2D eigenvalue weighted by atomic mass is 9.78. The molecule has 4 heteroatoms. The molecule has 0 atom stereocenters. The Kier molecular flexibility index (Phi) is 4.84. The van der Waals surface area contributed by atoms with Crippen LogP contribution in [0.25, 0.3) is 74.1 Å². The maximum absolute atomic E-state index is 5.98. The average molecular weight is 559 g/mol. The summed E-state index contributed by atoms with van der Waals surface area (Å²) >= 11 is 3.82. The zero-order valence-corrected chi connectivity index (χ0v) is 25.2. The van der Waals surface area contributed by atoms with Gasteiger partial charge in [0.1, 0.15) is 11.5 Å². The molecule has 2 aliphatic rings. The molecule has 0 spiro atoms. The van der Waals surface area contributed by atoms with Crippen LogP contribution in [0.15, 0.2) is 82.0 Å². The van der Waals surface area contributed by atoms with Crippen molar-refractivity contribution >= 4 is 63.0 Å². The molecule has 4 aromatic carbocycles. The van der Waals surface area contributed by atoms with Gasteiger partial charge in [0.2, 0.25) is 0 Å². The fourth-order valence-corrected chi connectivity index (χ4v) is 9.09. The molecule has 198 valence electrons. The molecule has 0 bridgehead atoms. The van der Waals surface area contributed by atoms with Crippen molar-refractivity contribution in [2.75, 3.05) is 0 Å². The van der Waals surface area contributed by atoms with Gasteiger partial charge < -0.3 is 8.83 Å². The monoisotopic (exact) mass is 558 g/mol. The molecule has 2 aliphatic heterocycles. The van der Waals surface area contributed by atoms with Gasteiger partial charge in [-0.25, -0.2) is 0 Å². The van der Waals surface area contributed by atoms with E-state index in [0.29, 0.717) is 0 Å². The van der Waals surface area contributed by atoms with Crippen molar-refractivity contribution in [2.45, 2.75) is 52.4 Å². The molecule has 4 heterocycles. The Hall–Kier alpha value is -3.60. The molecule has 2 aromatic heterocycles. The van der Waals surface area contributed by atoms with E-state index in [1.165, 1.54) is 73.7 Å². The van der Waals surface area contributed by atoms with Crippen molar-refractivity contribution in [3.8, 4) is 33.8 Å². The lowest BCUT2D eigenvalue weighted by molar-refractivity contribution is 0.582. The summed E-state index contributed by atoms with van der Waals surface area (Å²) in [5.74, 6) is 1.84.